The molecule has 4 heteroatoms. The average Bonchev–Trinajstić information content (AvgIpc) is 2.58. The molecular weight excluding hydrogens is 354 g/mol. The molecule has 0 atom stereocenters. The highest BCUT2D eigenvalue weighted by atomic mass is 79.9. The summed E-state index contributed by atoms with van der Waals surface area (Å²) in [5.74, 6) is 1.74. The largest absolute Gasteiger partial charge is 0.507 e. The maximum atomic E-state index is 9.79. The van der Waals surface area contributed by atoms with Crippen molar-refractivity contribution in [2.24, 2.45) is 4.99 Å². The van der Waals surface area contributed by atoms with Gasteiger partial charge in [0, 0.05) is 16.3 Å². The Labute approximate surface area is 143 Å². The summed E-state index contributed by atoms with van der Waals surface area (Å²) in [5.41, 5.74) is 1.44. The molecule has 0 bridgehead atoms. The molecule has 0 heterocycles. The van der Waals surface area contributed by atoms with E-state index >= 15 is 0 Å². The van der Waals surface area contributed by atoms with Crippen LogP contribution in [0, 0.1) is 0 Å². The van der Waals surface area contributed by atoms with E-state index in [0.717, 1.165) is 21.7 Å². The molecule has 0 saturated carbocycles. The van der Waals surface area contributed by atoms with Crippen LogP contribution in [0.15, 0.2) is 82.3 Å². The fourth-order valence-corrected chi connectivity index (χ4v) is 2.38. The Kier molecular flexibility index (Phi) is 4.74. The molecule has 0 radical (unpaired) electrons. The van der Waals surface area contributed by atoms with Crippen molar-refractivity contribution in [1.29, 1.82) is 0 Å². The molecule has 3 nitrogen and oxygen atoms in total. The second kappa shape index (κ2) is 7.11. The van der Waals surface area contributed by atoms with Gasteiger partial charge < -0.3 is 9.84 Å². The first-order valence-corrected chi connectivity index (χ1v) is 7.85. The molecule has 1 N–H and O–H groups in total. The summed E-state index contributed by atoms with van der Waals surface area (Å²) in [6.07, 6.45) is 1.63. The summed E-state index contributed by atoms with van der Waals surface area (Å²) in [6.45, 7) is 0. The number of hydrogen-bond donors (Lipinski definition) is 1. The van der Waals surface area contributed by atoms with Crippen LogP contribution in [0.25, 0.3) is 0 Å². The first kappa shape index (κ1) is 15.3. The van der Waals surface area contributed by atoms with Gasteiger partial charge in [-0.05, 0) is 54.6 Å². The van der Waals surface area contributed by atoms with Crippen molar-refractivity contribution in [3.05, 3.63) is 82.8 Å². The van der Waals surface area contributed by atoms with E-state index in [9.17, 15) is 5.11 Å². The number of phenols is 1. The summed E-state index contributed by atoms with van der Waals surface area (Å²) in [7, 11) is 0. The van der Waals surface area contributed by atoms with Crippen LogP contribution in [0.5, 0.6) is 17.2 Å². The molecule has 23 heavy (non-hydrogen) atoms. The minimum absolute atomic E-state index is 0.195. The summed E-state index contributed by atoms with van der Waals surface area (Å²) >= 11 is 3.37. The highest BCUT2D eigenvalue weighted by Gasteiger charge is 2.00. The van der Waals surface area contributed by atoms with E-state index in [1.807, 2.05) is 60.7 Å². The summed E-state index contributed by atoms with van der Waals surface area (Å²) < 4.78 is 6.62. The topological polar surface area (TPSA) is 41.8 Å². The molecule has 0 amide bonds. The smallest absolute Gasteiger partial charge is 0.127 e. The number of rotatable bonds is 4. The number of aromatic hydroxyl groups is 1. The van der Waals surface area contributed by atoms with Gasteiger partial charge in [0.1, 0.15) is 17.2 Å². The Morgan fingerprint density at radius 3 is 2.30 bits per heavy atom. The molecule has 0 aliphatic heterocycles. The van der Waals surface area contributed by atoms with E-state index < -0.39 is 0 Å². The molecule has 0 aliphatic carbocycles. The third-order valence-electron chi connectivity index (χ3n) is 3.16. The van der Waals surface area contributed by atoms with Gasteiger partial charge in [-0.2, -0.15) is 0 Å². The third-order valence-corrected chi connectivity index (χ3v) is 3.65. The van der Waals surface area contributed by atoms with Gasteiger partial charge in [0.15, 0.2) is 0 Å². The molecule has 0 unspecified atom stereocenters. The molecule has 114 valence electrons. The minimum Gasteiger partial charge on any atom is -0.507 e. The standard InChI is InChI=1S/C19H14BrNO2/c20-15-6-11-19(22)14(12-15)13-21-16-7-9-18(10-8-16)23-17-4-2-1-3-5-17/h1-13,22H. The van der Waals surface area contributed by atoms with Gasteiger partial charge in [-0.1, -0.05) is 34.1 Å². The van der Waals surface area contributed by atoms with Crippen LogP contribution in [-0.2, 0) is 0 Å². The zero-order valence-corrected chi connectivity index (χ0v) is 13.8. The first-order chi connectivity index (χ1) is 11.2. The summed E-state index contributed by atoms with van der Waals surface area (Å²) in [4.78, 5) is 4.37. The quantitative estimate of drug-likeness (QED) is 0.601. The number of aliphatic imine (C=N–C) groups is 1. The van der Waals surface area contributed by atoms with Crippen LogP contribution in [0.4, 0.5) is 5.69 Å². The lowest BCUT2D eigenvalue weighted by Crippen LogP contribution is -1.83. The monoisotopic (exact) mass is 367 g/mol. The number of para-hydroxylation sites is 1. The number of benzene rings is 3. The predicted octanol–water partition coefficient (Wildman–Crippen LogP) is 5.70. The van der Waals surface area contributed by atoms with E-state index in [1.165, 1.54) is 0 Å². The molecule has 0 spiro atoms. The maximum Gasteiger partial charge on any atom is 0.127 e. The lowest BCUT2D eigenvalue weighted by atomic mass is 10.2. The Hall–Kier alpha value is -2.59. The first-order valence-electron chi connectivity index (χ1n) is 7.06. The summed E-state index contributed by atoms with van der Waals surface area (Å²) in [6, 6.07) is 22.3. The van der Waals surface area contributed by atoms with Gasteiger partial charge in [0.25, 0.3) is 0 Å². The van der Waals surface area contributed by atoms with Crippen LogP contribution in [0.1, 0.15) is 5.56 Å². The lowest BCUT2D eigenvalue weighted by Gasteiger charge is -2.05. The fourth-order valence-electron chi connectivity index (χ4n) is 2.00. The Balaban J connectivity index is 1.72. The van der Waals surface area contributed by atoms with Gasteiger partial charge in [-0.15, -0.1) is 0 Å². The van der Waals surface area contributed by atoms with Crippen molar-refractivity contribution >= 4 is 27.8 Å². The summed E-state index contributed by atoms with van der Waals surface area (Å²) in [5, 5.41) is 9.79. The number of phenolic OH excluding ortho intramolecular Hbond substituents is 1. The normalized spacial score (nSPS) is 10.8. The van der Waals surface area contributed by atoms with Gasteiger partial charge in [-0.25, -0.2) is 0 Å². The predicted molar refractivity (Wildman–Crippen MR) is 96.0 cm³/mol. The van der Waals surface area contributed by atoms with Crippen LogP contribution in [0.2, 0.25) is 0 Å². The van der Waals surface area contributed by atoms with Crippen molar-refractivity contribution in [3.63, 3.8) is 0 Å². The maximum absolute atomic E-state index is 9.79. The third kappa shape index (κ3) is 4.20. The molecular formula is C19H14BrNO2. The molecule has 0 aromatic heterocycles. The number of hydrogen-bond acceptors (Lipinski definition) is 3. The van der Waals surface area contributed by atoms with E-state index in [0.29, 0.717) is 5.56 Å². The molecule has 0 aliphatic rings. The number of nitrogens with zero attached hydrogens (tertiary/aromatic N) is 1. The van der Waals surface area contributed by atoms with Crippen LogP contribution in [-0.4, -0.2) is 11.3 Å². The van der Waals surface area contributed by atoms with E-state index in [-0.39, 0.29) is 5.75 Å². The van der Waals surface area contributed by atoms with Crippen LogP contribution < -0.4 is 4.74 Å². The molecule has 3 rings (SSSR count). The Morgan fingerprint density at radius 1 is 0.870 bits per heavy atom. The van der Waals surface area contributed by atoms with Gasteiger partial charge in [-0.3, -0.25) is 4.99 Å². The van der Waals surface area contributed by atoms with Crippen molar-refractivity contribution in [2.45, 2.75) is 0 Å². The molecule has 0 saturated heterocycles. The average molecular weight is 368 g/mol. The second-order valence-electron chi connectivity index (χ2n) is 4.87. The molecule has 3 aromatic rings. The minimum atomic E-state index is 0.195. The van der Waals surface area contributed by atoms with Crippen molar-refractivity contribution in [3.8, 4) is 17.2 Å². The van der Waals surface area contributed by atoms with Crippen molar-refractivity contribution < 1.29 is 9.84 Å². The number of ether oxygens (including phenoxy) is 1. The zero-order chi connectivity index (χ0) is 16.1. The number of halogens is 1. The van der Waals surface area contributed by atoms with Gasteiger partial charge in [0.2, 0.25) is 0 Å². The fraction of sp³-hybridized carbons (Fsp3) is 0. The van der Waals surface area contributed by atoms with E-state index in [2.05, 4.69) is 20.9 Å². The SMILES string of the molecule is Oc1ccc(Br)cc1C=Nc1ccc(Oc2ccccc2)cc1. The van der Waals surface area contributed by atoms with Crippen molar-refractivity contribution in [2.75, 3.05) is 0 Å². The van der Waals surface area contributed by atoms with E-state index in [1.54, 1.807) is 18.3 Å². The molecule has 0 fully saturated rings. The van der Waals surface area contributed by atoms with Crippen LogP contribution >= 0.6 is 15.9 Å². The van der Waals surface area contributed by atoms with Crippen molar-refractivity contribution in [1.82, 2.24) is 0 Å². The molecule has 3 aromatic carbocycles. The highest BCUT2D eigenvalue weighted by Crippen LogP contribution is 2.25. The lowest BCUT2D eigenvalue weighted by molar-refractivity contribution is 0.474. The second-order valence-corrected chi connectivity index (χ2v) is 5.79. The van der Waals surface area contributed by atoms with E-state index in [4.69, 9.17) is 4.74 Å². The zero-order valence-electron chi connectivity index (χ0n) is 12.2. The Morgan fingerprint density at radius 2 is 1.57 bits per heavy atom. The highest BCUT2D eigenvalue weighted by molar-refractivity contribution is 9.10. The Bertz CT molecular complexity index is 815. The van der Waals surface area contributed by atoms with Gasteiger partial charge >= 0.3 is 0 Å². The van der Waals surface area contributed by atoms with Gasteiger partial charge in [0.05, 0.1) is 5.69 Å². The van der Waals surface area contributed by atoms with Crippen LogP contribution in [0.3, 0.4) is 0 Å².